The summed E-state index contributed by atoms with van der Waals surface area (Å²) in [7, 11) is 0. The Morgan fingerprint density at radius 3 is 2.32 bits per heavy atom. The molecular formula is C21H19F6N3O4. The van der Waals surface area contributed by atoms with Crippen LogP contribution in [0, 0.1) is 11.6 Å². The van der Waals surface area contributed by atoms with Crippen molar-refractivity contribution < 1.29 is 41.3 Å². The molecule has 2 atom stereocenters. The first-order valence-electron chi connectivity index (χ1n) is 9.75. The Hall–Kier alpha value is -3.32. The Bertz CT molecular complexity index is 1200. The molecule has 184 valence electrons. The summed E-state index contributed by atoms with van der Waals surface area (Å²) in [6.45, 7) is -1.28. The van der Waals surface area contributed by atoms with Crippen LogP contribution in [0.1, 0.15) is 18.5 Å². The highest BCUT2D eigenvalue weighted by Gasteiger charge is 2.42. The average Bonchev–Trinajstić information content (AvgIpc) is 3.18. The number of alkyl halides is 4. The number of hydrogen-bond acceptors (Lipinski definition) is 5. The quantitative estimate of drug-likeness (QED) is 0.450. The van der Waals surface area contributed by atoms with Gasteiger partial charge in [0.05, 0.1) is 18.3 Å². The number of hydrogen-bond donors (Lipinski definition) is 2. The predicted molar refractivity (Wildman–Crippen MR) is 106 cm³/mol. The van der Waals surface area contributed by atoms with E-state index in [0.29, 0.717) is 6.07 Å². The Kier molecular flexibility index (Phi) is 7.07. The van der Waals surface area contributed by atoms with E-state index >= 15 is 0 Å². The zero-order valence-corrected chi connectivity index (χ0v) is 17.5. The first kappa shape index (κ1) is 25.3. The van der Waals surface area contributed by atoms with Crippen molar-refractivity contribution in [2.75, 3.05) is 13.2 Å². The van der Waals surface area contributed by atoms with Gasteiger partial charge in [-0.25, -0.2) is 31.6 Å². The van der Waals surface area contributed by atoms with Gasteiger partial charge in [-0.3, -0.25) is 0 Å². The van der Waals surface area contributed by atoms with Crippen molar-refractivity contribution in [2.24, 2.45) is 0 Å². The highest BCUT2D eigenvalue weighted by atomic mass is 19.3. The van der Waals surface area contributed by atoms with Gasteiger partial charge in [0.2, 0.25) is 0 Å². The van der Waals surface area contributed by atoms with Crippen molar-refractivity contribution in [1.82, 2.24) is 14.3 Å². The van der Waals surface area contributed by atoms with Gasteiger partial charge in [0.1, 0.15) is 29.3 Å². The summed E-state index contributed by atoms with van der Waals surface area (Å²) in [6, 6.07) is 5.90. The second-order valence-electron chi connectivity index (χ2n) is 7.45. The van der Waals surface area contributed by atoms with Crippen LogP contribution < -0.4 is 10.4 Å². The predicted octanol–water partition coefficient (Wildman–Crippen LogP) is 3.03. The van der Waals surface area contributed by atoms with E-state index in [-0.39, 0.29) is 11.4 Å². The fourth-order valence-corrected chi connectivity index (χ4v) is 3.19. The molecule has 34 heavy (non-hydrogen) atoms. The minimum atomic E-state index is -4.33. The topological polar surface area (TPSA) is 89.5 Å². The molecule has 0 saturated heterocycles. The summed E-state index contributed by atoms with van der Waals surface area (Å²) >= 11 is 0. The maximum Gasteiger partial charge on any atom is 0.350 e. The number of aromatic nitrogens is 3. The van der Waals surface area contributed by atoms with E-state index in [9.17, 15) is 41.4 Å². The van der Waals surface area contributed by atoms with Gasteiger partial charge >= 0.3 is 18.0 Å². The second-order valence-corrected chi connectivity index (χ2v) is 7.45. The van der Waals surface area contributed by atoms with Crippen LogP contribution in [-0.2, 0) is 5.60 Å². The average molecular weight is 491 g/mol. The Balaban J connectivity index is 1.86. The zero-order valence-electron chi connectivity index (χ0n) is 17.5. The Morgan fingerprint density at radius 2 is 1.76 bits per heavy atom. The van der Waals surface area contributed by atoms with Gasteiger partial charge in [-0.05, 0) is 37.3 Å². The van der Waals surface area contributed by atoms with E-state index in [1.807, 2.05) is 0 Å². The van der Waals surface area contributed by atoms with Gasteiger partial charge in [0.15, 0.2) is 6.61 Å². The molecule has 0 saturated carbocycles. The SMILES string of the molecule is C[C@@H](n1ncn(-c2ccc(OCC(F)(F)C(F)F)cc2)c1=O)[C@](O)(CO)c1ccc(F)cc1F. The van der Waals surface area contributed by atoms with E-state index in [2.05, 4.69) is 9.84 Å². The van der Waals surface area contributed by atoms with Gasteiger partial charge in [-0.1, -0.05) is 6.07 Å². The van der Waals surface area contributed by atoms with Gasteiger partial charge in [-0.2, -0.15) is 13.9 Å². The van der Waals surface area contributed by atoms with E-state index in [1.54, 1.807) is 0 Å². The van der Waals surface area contributed by atoms with Gasteiger partial charge in [0.25, 0.3) is 0 Å². The molecule has 7 nitrogen and oxygen atoms in total. The second kappa shape index (κ2) is 9.50. The van der Waals surface area contributed by atoms with Gasteiger partial charge in [-0.15, -0.1) is 0 Å². The van der Waals surface area contributed by atoms with Gasteiger partial charge < -0.3 is 14.9 Å². The van der Waals surface area contributed by atoms with Crippen LogP contribution in [0.15, 0.2) is 53.6 Å². The van der Waals surface area contributed by atoms with Crippen molar-refractivity contribution in [3.05, 3.63) is 76.5 Å². The largest absolute Gasteiger partial charge is 0.487 e. The van der Waals surface area contributed by atoms with Crippen molar-refractivity contribution >= 4 is 0 Å². The summed E-state index contributed by atoms with van der Waals surface area (Å²) < 4.78 is 84.4. The fourth-order valence-electron chi connectivity index (χ4n) is 3.19. The lowest BCUT2D eigenvalue weighted by Crippen LogP contribution is -2.43. The van der Waals surface area contributed by atoms with Crippen molar-refractivity contribution in [3.8, 4) is 11.4 Å². The lowest BCUT2D eigenvalue weighted by Gasteiger charge is -2.32. The Morgan fingerprint density at radius 1 is 1.12 bits per heavy atom. The number of benzene rings is 2. The van der Waals surface area contributed by atoms with Gasteiger partial charge in [0, 0.05) is 11.6 Å². The summed E-state index contributed by atoms with van der Waals surface area (Å²) in [4.78, 5) is 12.9. The fraction of sp³-hybridized carbons (Fsp3) is 0.333. The molecule has 1 heterocycles. The van der Waals surface area contributed by atoms with E-state index in [1.165, 1.54) is 31.2 Å². The van der Waals surface area contributed by atoms with E-state index in [4.69, 9.17) is 0 Å². The van der Waals surface area contributed by atoms with Crippen LogP contribution in [0.4, 0.5) is 26.3 Å². The minimum Gasteiger partial charge on any atom is -0.487 e. The third-order valence-corrected chi connectivity index (χ3v) is 5.26. The molecule has 0 aliphatic carbocycles. The summed E-state index contributed by atoms with van der Waals surface area (Å²) in [6.07, 6.45) is -2.84. The number of nitrogens with zero attached hydrogens (tertiary/aromatic N) is 3. The maximum absolute atomic E-state index is 14.3. The molecule has 0 aliphatic rings. The first-order valence-corrected chi connectivity index (χ1v) is 9.75. The normalized spacial score (nSPS) is 14.8. The third-order valence-electron chi connectivity index (χ3n) is 5.26. The smallest absolute Gasteiger partial charge is 0.350 e. The standard InChI is InChI=1S/C21H19F6N3O4/c1-12(20(33,9-31)16-7-2-13(22)8-17(16)23)30-19(32)29(11-28-30)14-3-5-15(6-4-14)34-10-21(26,27)18(24)25/h2-8,11-12,18,31,33H,9-10H2,1H3/t12-,20-/m1/s1. The molecule has 13 heteroatoms. The highest BCUT2D eigenvalue weighted by Crippen LogP contribution is 2.34. The number of rotatable bonds is 9. The molecule has 0 radical (unpaired) electrons. The maximum atomic E-state index is 14.3. The van der Waals surface area contributed by atoms with Crippen LogP contribution in [0.5, 0.6) is 5.75 Å². The lowest BCUT2D eigenvalue weighted by atomic mass is 9.87. The molecule has 1 aromatic heterocycles. The molecule has 0 unspecified atom stereocenters. The molecule has 2 aromatic carbocycles. The van der Waals surface area contributed by atoms with E-state index in [0.717, 1.165) is 27.7 Å². The molecule has 3 aromatic rings. The monoisotopic (exact) mass is 491 g/mol. The number of halogens is 6. The van der Waals surface area contributed by atoms with Crippen molar-refractivity contribution in [1.29, 1.82) is 0 Å². The van der Waals surface area contributed by atoms with Crippen LogP contribution in [0.3, 0.4) is 0 Å². The minimum absolute atomic E-state index is 0.153. The first-order chi connectivity index (χ1) is 15.9. The number of aliphatic hydroxyl groups is 2. The zero-order chi connectivity index (χ0) is 25.3. The molecular weight excluding hydrogens is 472 g/mol. The lowest BCUT2D eigenvalue weighted by molar-refractivity contribution is -0.148. The number of ether oxygens (including phenoxy) is 1. The molecule has 0 spiro atoms. The third kappa shape index (κ3) is 4.80. The summed E-state index contributed by atoms with van der Waals surface area (Å²) in [5.74, 6) is -6.52. The van der Waals surface area contributed by atoms with Crippen molar-refractivity contribution in [2.45, 2.75) is 30.9 Å². The summed E-state index contributed by atoms with van der Waals surface area (Å²) in [5, 5.41) is 24.6. The van der Waals surface area contributed by atoms with Crippen LogP contribution in [-0.4, -0.2) is 50.1 Å². The molecule has 2 N–H and O–H groups in total. The molecule has 0 fully saturated rings. The highest BCUT2D eigenvalue weighted by molar-refractivity contribution is 5.37. The van der Waals surface area contributed by atoms with E-state index < -0.39 is 60.1 Å². The van der Waals surface area contributed by atoms with Crippen LogP contribution in [0.2, 0.25) is 0 Å². The Labute approximate surface area is 188 Å². The molecule has 0 amide bonds. The number of aliphatic hydroxyl groups excluding tert-OH is 1. The molecule has 3 rings (SSSR count). The molecule has 0 aliphatic heterocycles. The summed E-state index contributed by atoms with van der Waals surface area (Å²) in [5.41, 5.74) is -3.43. The van der Waals surface area contributed by atoms with Crippen LogP contribution in [0.25, 0.3) is 5.69 Å². The molecule has 0 bridgehead atoms. The van der Waals surface area contributed by atoms with Crippen LogP contribution >= 0.6 is 0 Å². The van der Waals surface area contributed by atoms with Crippen molar-refractivity contribution in [3.63, 3.8) is 0 Å².